The van der Waals surface area contributed by atoms with Gasteiger partial charge in [0.25, 0.3) is 5.91 Å². The number of carbonyl (C=O) groups is 1. The summed E-state index contributed by atoms with van der Waals surface area (Å²) in [6.07, 6.45) is 2.16. The van der Waals surface area contributed by atoms with E-state index in [0.29, 0.717) is 24.8 Å². The fraction of sp³-hybridized carbons (Fsp3) is 0.474. The van der Waals surface area contributed by atoms with Crippen LogP contribution in [-0.2, 0) is 4.74 Å². The van der Waals surface area contributed by atoms with Crippen LogP contribution < -0.4 is 4.74 Å². The van der Waals surface area contributed by atoms with Gasteiger partial charge in [0, 0.05) is 18.5 Å². The lowest BCUT2D eigenvalue weighted by molar-refractivity contribution is -0.0621. The fourth-order valence-corrected chi connectivity index (χ4v) is 3.02. The Balaban J connectivity index is 1.43. The molecule has 1 aliphatic heterocycles. The van der Waals surface area contributed by atoms with Crippen molar-refractivity contribution in [2.24, 2.45) is 0 Å². The largest absolute Gasteiger partial charge is 0.490 e. The minimum Gasteiger partial charge on any atom is -0.490 e. The highest BCUT2D eigenvalue weighted by Gasteiger charge is 2.37. The second-order valence-electron chi connectivity index (χ2n) is 6.99. The van der Waals surface area contributed by atoms with E-state index in [-0.39, 0.29) is 31.4 Å². The van der Waals surface area contributed by atoms with Crippen molar-refractivity contribution in [1.82, 2.24) is 10.1 Å². The Morgan fingerprint density at radius 3 is 2.92 bits per heavy atom. The number of hydrogen-bond acceptors (Lipinski definition) is 6. The van der Waals surface area contributed by atoms with Gasteiger partial charge in [-0.25, -0.2) is 0 Å². The van der Waals surface area contributed by atoms with Gasteiger partial charge in [-0.15, -0.1) is 0 Å². The molecule has 1 amide bonds. The second kappa shape index (κ2) is 7.09. The third-order valence-corrected chi connectivity index (χ3v) is 4.63. The second-order valence-corrected chi connectivity index (χ2v) is 6.99. The van der Waals surface area contributed by atoms with Crippen molar-refractivity contribution in [3.05, 3.63) is 47.9 Å². The highest BCUT2D eigenvalue weighted by Crippen LogP contribution is 2.40. The number of carbonyl (C=O) groups excluding carboxylic acids is 1. The smallest absolute Gasteiger partial charge is 0.276 e. The molecule has 7 nitrogen and oxygen atoms in total. The number of amides is 1. The molecule has 138 valence electrons. The lowest BCUT2D eigenvalue weighted by Gasteiger charge is -2.30. The van der Waals surface area contributed by atoms with Gasteiger partial charge >= 0.3 is 0 Å². The van der Waals surface area contributed by atoms with Gasteiger partial charge in [0.1, 0.15) is 23.7 Å². The van der Waals surface area contributed by atoms with Crippen molar-refractivity contribution >= 4 is 5.91 Å². The van der Waals surface area contributed by atoms with E-state index in [1.54, 1.807) is 11.0 Å². The van der Waals surface area contributed by atoms with Gasteiger partial charge in [-0.2, -0.15) is 0 Å². The first kappa shape index (κ1) is 17.1. The summed E-state index contributed by atoms with van der Waals surface area (Å²) in [6.45, 7) is 0.998. The molecule has 2 aliphatic rings. The van der Waals surface area contributed by atoms with Gasteiger partial charge in [0.2, 0.25) is 0 Å². The number of benzene rings is 1. The maximum Gasteiger partial charge on any atom is 0.276 e. The van der Waals surface area contributed by atoms with Gasteiger partial charge in [-0.05, 0) is 25.0 Å². The third-order valence-electron chi connectivity index (χ3n) is 4.63. The van der Waals surface area contributed by atoms with Gasteiger partial charge < -0.3 is 24.0 Å². The Hall–Kier alpha value is -2.38. The van der Waals surface area contributed by atoms with E-state index in [9.17, 15) is 9.90 Å². The van der Waals surface area contributed by atoms with Crippen LogP contribution in [0.2, 0.25) is 0 Å². The van der Waals surface area contributed by atoms with Gasteiger partial charge in [0.15, 0.2) is 5.69 Å². The number of rotatable bonds is 5. The predicted octanol–water partition coefficient (Wildman–Crippen LogP) is 1.83. The molecule has 7 heteroatoms. The molecule has 0 spiro atoms. The number of β-amino-alcohol motifs (C(OH)–C–C–N with tert-alkyl or cyclic N) is 1. The predicted molar refractivity (Wildman–Crippen MR) is 92.1 cm³/mol. The number of aromatic nitrogens is 1. The summed E-state index contributed by atoms with van der Waals surface area (Å²) >= 11 is 0. The van der Waals surface area contributed by atoms with Crippen molar-refractivity contribution in [3.8, 4) is 5.75 Å². The summed E-state index contributed by atoms with van der Waals surface area (Å²) < 4.78 is 16.5. The molecule has 2 heterocycles. The summed E-state index contributed by atoms with van der Waals surface area (Å²) in [5, 5.41) is 14.8. The maximum atomic E-state index is 12.8. The molecule has 2 fully saturated rings. The summed E-state index contributed by atoms with van der Waals surface area (Å²) in [6, 6.07) is 11.0. The maximum absolute atomic E-state index is 12.8. The molecule has 26 heavy (non-hydrogen) atoms. The third kappa shape index (κ3) is 3.89. The first-order valence-electron chi connectivity index (χ1n) is 8.87. The van der Waals surface area contributed by atoms with Crippen molar-refractivity contribution in [2.45, 2.75) is 24.4 Å². The molecule has 0 radical (unpaired) electrons. The molecule has 1 N–H and O–H groups in total. The minimum atomic E-state index is -1.29. The van der Waals surface area contributed by atoms with E-state index in [2.05, 4.69) is 5.16 Å². The van der Waals surface area contributed by atoms with E-state index >= 15 is 0 Å². The molecule has 1 aromatic heterocycles. The topological polar surface area (TPSA) is 85.0 Å². The lowest BCUT2D eigenvalue weighted by Crippen LogP contribution is -2.50. The van der Waals surface area contributed by atoms with Crippen LogP contribution in [0, 0.1) is 0 Å². The number of hydrogen-bond donors (Lipinski definition) is 1. The van der Waals surface area contributed by atoms with E-state index in [4.69, 9.17) is 14.0 Å². The van der Waals surface area contributed by atoms with Crippen LogP contribution in [0.5, 0.6) is 5.75 Å². The number of para-hydroxylation sites is 1. The molecule has 1 unspecified atom stereocenters. The first-order chi connectivity index (χ1) is 12.6. The summed E-state index contributed by atoms with van der Waals surface area (Å²) in [7, 11) is 0. The van der Waals surface area contributed by atoms with Gasteiger partial charge in [0.05, 0.1) is 19.8 Å². The Morgan fingerprint density at radius 2 is 2.15 bits per heavy atom. The zero-order valence-electron chi connectivity index (χ0n) is 14.5. The summed E-state index contributed by atoms with van der Waals surface area (Å²) in [5.41, 5.74) is -1.01. The monoisotopic (exact) mass is 358 g/mol. The van der Waals surface area contributed by atoms with Crippen LogP contribution in [0.1, 0.15) is 35.0 Å². The van der Waals surface area contributed by atoms with E-state index in [1.807, 2.05) is 30.3 Å². The molecule has 2 aromatic rings. The highest BCUT2D eigenvalue weighted by molar-refractivity contribution is 5.92. The quantitative estimate of drug-likeness (QED) is 0.878. The van der Waals surface area contributed by atoms with Crippen molar-refractivity contribution in [3.63, 3.8) is 0 Å². The van der Waals surface area contributed by atoms with E-state index in [0.717, 1.165) is 18.6 Å². The van der Waals surface area contributed by atoms with Crippen LogP contribution in [0.15, 0.2) is 40.9 Å². The van der Waals surface area contributed by atoms with Crippen LogP contribution in [0.25, 0.3) is 0 Å². The van der Waals surface area contributed by atoms with E-state index < -0.39 is 5.60 Å². The lowest BCUT2D eigenvalue weighted by atomic mass is 10.1. The molecule has 4 rings (SSSR count). The Kier molecular flexibility index (Phi) is 4.65. The molecular formula is C19H22N2O5. The van der Waals surface area contributed by atoms with Crippen molar-refractivity contribution in [2.75, 3.05) is 32.9 Å². The van der Waals surface area contributed by atoms with Crippen LogP contribution in [0.4, 0.5) is 0 Å². The first-order valence-corrected chi connectivity index (χ1v) is 8.87. The number of ether oxygens (including phenoxy) is 2. The number of aliphatic hydroxyl groups is 1. The fourth-order valence-electron chi connectivity index (χ4n) is 3.02. The zero-order chi connectivity index (χ0) is 18.0. The average molecular weight is 358 g/mol. The Morgan fingerprint density at radius 1 is 1.35 bits per heavy atom. The van der Waals surface area contributed by atoms with E-state index in [1.165, 1.54) is 0 Å². The Bertz CT molecular complexity index is 758. The van der Waals surface area contributed by atoms with Gasteiger partial charge in [-0.3, -0.25) is 4.79 Å². The molecule has 1 saturated heterocycles. The molecule has 0 bridgehead atoms. The average Bonchev–Trinajstić information content (AvgIpc) is 3.43. The summed E-state index contributed by atoms with van der Waals surface area (Å²) in [4.78, 5) is 14.3. The molecular weight excluding hydrogens is 336 g/mol. The highest BCUT2D eigenvalue weighted by atomic mass is 16.5. The molecule has 1 aliphatic carbocycles. The minimum absolute atomic E-state index is 0.0347. The molecule has 1 aromatic carbocycles. The van der Waals surface area contributed by atoms with Gasteiger partial charge in [-0.1, -0.05) is 23.4 Å². The molecule has 1 saturated carbocycles. The summed E-state index contributed by atoms with van der Waals surface area (Å²) in [5.74, 6) is 1.56. The van der Waals surface area contributed by atoms with Crippen LogP contribution in [-0.4, -0.2) is 59.6 Å². The molecule has 1 atom stereocenters. The normalized spacial score (nSPS) is 23.5. The van der Waals surface area contributed by atoms with Crippen molar-refractivity contribution < 1.29 is 23.9 Å². The van der Waals surface area contributed by atoms with Crippen molar-refractivity contribution in [1.29, 1.82) is 0 Å². The van der Waals surface area contributed by atoms with Crippen LogP contribution >= 0.6 is 0 Å². The number of nitrogens with zero attached hydrogens (tertiary/aromatic N) is 2. The zero-order valence-corrected chi connectivity index (χ0v) is 14.5. The Labute approximate surface area is 151 Å². The SMILES string of the molecule is O=C(c1cc(C2CC2)on1)N1CCOCC(O)(COc2ccccc2)C1. The standard InChI is InChI=1S/C19H22N2O5/c22-18(16-10-17(26-20-16)14-6-7-14)21-8-9-24-12-19(23,11-21)13-25-15-4-2-1-3-5-15/h1-5,10,14,23H,6-9,11-13H2. The van der Waals surface area contributed by atoms with Crippen LogP contribution in [0.3, 0.4) is 0 Å².